The van der Waals surface area contributed by atoms with E-state index in [1.165, 1.54) is 32.3 Å². The standard InChI is InChI=1S/C27H29ClN4O4.C20H24ClN3O3.C7H5NO.3CH4/c1-17(2)36-24-14-11-19(16-22(24)28)25(33)32-23(26(34)29-3)15-18-9-12-21(13-10-18)31-27(35)30-20-7-5-4-6-8-20;1-12(2)27-18-9-6-14(11-16(18)21)19(25)24-17(20(26)23-3)10-13-4-7-15(22)8-5-13;9-6-8-7-4-2-1-3-5-7;;;/h4-14,16-17,23H,15H2,1-3H3,(H,29,34)(H,32,33)(H2,30,31,35);4-9,11-12,17H,10,22H2,1-3H3,(H,23,26)(H,24,25);1-5H;3*1H4. The van der Waals surface area contributed by atoms with E-state index in [2.05, 4.69) is 36.9 Å². The zero-order valence-electron chi connectivity index (χ0n) is 40.6. The number of carbonyl (C=O) groups is 5. The van der Waals surface area contributed by atoms with Crippen molar-refractivity contribution in [1.82, 2.24) is 21.3 Å². The summed E-state index contributed by atoms with van der Waals surface area (Å²) in [6.07, 6.45) is 1.97. The molecule has 2 atom stereocenters. The van der Waals surface area contributed by atoms with Gasteiger partial charge in [-0.1, -0.05) is 106 Å². The van der Waals surface area contributed by atoms with Crippen molar-refractivity contribution in [2.24, 2.45) is 4.99 Å². The van der Waals surface area contributed by atoms with E-state index in [1.807, 2.05) is 76.2 Å². The van der Waals surface area contributed by atoms with Gasteiger partial charge in [-0.25, -0.2) is 9.59 Å². The highest BCUT2D eigenvalue weighted by molar-refractivity contribution is 6.32. The summed E-state index contributed by atoms with van der Waals surface area (Å²) < 4.78 is 11.2. The summed E-state index contributed by atoms with van der Waals surface area (Å²) in [5.41, 5.74) is 10.6. The third-order valence-electron chi connectivity index (χ3n) is 9.88. The molecule has 0 saturated carbocycles. The Morgan fingerprint density at radius 1 is 0.560 bits per heavy atom. The Hall–Kier alpha value is -8.17. The molecule has 0 aliphatic carbocycles. The van der Waals surface area contributed by atoms with Crippen molar-refractivity contribution >= 4 is 81.7 Å². The molecule has 0 radical (unpaired) electrons. The number of para-hydroxylation sites is 2. The Morgan fingerprint density at radius 2 is 0.947 bits per heavy atom. The monoisotopic (exact) mass is 1060 g/mol. The van der Waals surface area contributed by atoms with Gasteiger partial charge in [-0.3, -0.25) is 19.2 Å². The van der Waals surface area contributed by atoms with E-state index >= 15 is 0 Å². The van der Waals surface area contributed by atoms with Gasteiger partial charge in [-0.05, 0) is 124 Å². The predicted octanol–water partition coefficient (Wildman–Crippen LogP) is 11.2. The molecular formula is C57H70Cl2N8O8. The van der Waals surface area contributed by atoms with Crippen molar-refractivity contribution in [3.63, 3.8) is 0 Å². The second kappa shape index (κ2) is 33.5. The van der Waals surface area contributed by atoms with Crippen molar-refractivity contribution in [3.05, 3.63) is 178 Å². The third-order valence-corrected chi connectivity index (χ3v) is 10.5. The molecule has 18 heteroatoms. The molecule has 0 saturated heterocycles. The van der Waals surface area contributed by atoms with E-state index in [9.17, 15) is 28.8 Å². The molecule has 0 aliphatic rings. The number of rotatable bonds is 17. The molecule has 6 amide bonds. The summed E-state index contributed by atoms with van der Waals surface area (Å²) in [5, 5.41) is 16.8. The Bertz CT molecular complexity index is 2780. The van der Waals surface area contributed by atoms with E-state index in [4.69, 9.17) is 38.4 Å². The molecule has 0 heterocycles. The van der Waals surface area contributed by atoms with E-state index in [1.54, 1.807) is 84.9 Å². The highest BCUT2D eigenvalue weighted by Gasteiger charge is 2.23. The molecule has 0 bridgehead atoms. The molecule has 6 aromatic rings. The zero-order valence-corrected chi connectivity index (χ0v) is 42.1. The largest absolute Gasteiger partial charge is 0.489 e. The molecule has 0 aliphatic heterocycles. The number of carbonyl (C=O) groups excluding carboxylic acids is 6. The summed E-state index contributed by atoms with van der Waals surface area (Å²) in [6.45, 7) is 7.55. The van der Waals surface area contributed by atoms with Crippen LogP contribution in [0.25, 0.3) is 0 Å². The van der Waals surface area contributed by atoms with Crippen molar-refractivity contribution < 1.29 is 38.2 Å². The number of nitrogens with zero attached hydrogens (tertiary/aromatic N) is 1. The fourth-order valence-electron chi connectivity index (χ4n) is 6.45. The molecule has 6 aromatic carbocycles. The van der Waals surface area contributed by atoms with E-state index in [0.717, 1.165) is 11.1 Å². The lowest BCUT2D eigenvalue weighted by Crippen LogP contribution is -2.47. The first-order valence-electron chi connectivity index (χ1n) is 22.6. The lowest BCUT2D eigenvalue weighted by molar-refractivity contribution is -0.123. The Labute approximate surface area is 451 Å². The third kappa shape index (κ3) is 22.6. The minimum atomic E-state index is -0.812. The van der Waals surface area contributed by atoms with Gasteiger partial charge in [0.2, 0.25) is 17.9 Å². The number of hydrogen-bond acceptors (Lipinski definition) is 10. The molecule has 6 rings (SSSR count). The van der Waals surface area contributed by atoms with Gasteiger partial charge < -0.3 is 47.1 Å². The fourth-order valence-corrected chi connectivity index (χ4v) is 6.90. The van der Waals surface area contributed by atoms with Crippen LogP contribution in [0.1, 0.15) is 81.8 Å². The summed E-state index contributed by atoms with van der Waals surface area (Å²) in [4.78, 5) is 75.4. The van der Waals surface area contributed by atoms with Gasteiger partial charge in [0, 0.05) is 55.1 Å². The Morgan fingerprint density at radius 3 is 1.32 bits per heavy atom. The van der Waals surface area contributed by atoms with E-state index in [0.29, 0.717) is 61.8 Å². The molecule has 0 spiro atoms. The van der Waals surface area contributed by atoms with Crippen molar-refractivity contribution in [3.8, 4) is 11.5 Å². The summed E-state index contributed by atoms with van der Waals surface area (Å²) >= 11 is 12.4. The Balaban J connectivity index is 0.000000635. The number of nitrogen functional groups attached to an aromatic ring is 1. The lowest BCUT2D eigenvalue weighted by atomic mass is 10.0. The maximum Gasteiger partial charge on any atom is 0.323 e. The number of urea groups is 1. The summed E-state index contributed by atoms with van der Waals surface area (Å²) in [5.74, 6) is -0.454. The van der Waals surface area contributed by atoms with Gasteiger partial charge in [-0.15, -0.1) is 0 Å². The number of ether oxygens (including phenoxy) is 2. The number of hydrogen-bond donors (Lipinski definition) is 7. The Kier molecular flexibility index (Phi) is 29.0. The fraction of sp³-hybridized carbons (Fsp3) is 0.263. The molecule has 0 aromatic heterocycles. The van der Waals surface area contributed by atoms with Gasteiger partial charge in [0.1, 0.15) is 23.6 Å². The van der Waals surface area contributed by atoms with Crippen LogP contribution in [0.2, 0.25) is 10.0 Å². The number of benzene rings is 6. The lowest BCUT2D eigenvalue weighted by Gasteiger charge is -2.18. The SMILES string of the molecule is C.C.C.CNC(=O)C(Cc1ccc(N)cc1)NC(=O)c1ccc(OC(C)C)c(Cl)c1.CNC(=O)C(Cc1ccc(NC(=O)Nc2ccccc2)cc1)NC(=O)c1ccc(OC(C)C)c(Cl)c1.O=C=Nc1ccccc1. The van der Waals surface area contributed by atoms with Crippen LogP contribution in [-0.4, -0.2) is 74.1 Å². The van der Waals surface area contributed by atoms with Crippen LogP contribution in [0.15, 0.2) is 151 Å². The van der Waals surface area contributed by atoms with Crippen LogP contribution in [0, 0.1) is 0 Å². The quantitative estimate of drug-likeness (QED) is 0.0261. The topological polar surface area (TPSA) is 231 Å². The number of nitrogens with one attached hydrogen (secondary N) is 6. The highest BCUT2D eigenvalue weighted by atomic mass is 35.5. The van der Waals surface area contributed by atoms with E-state index in [-0.39, 0.29) is 58.8 Å². The minimum Gasteiger partial charge on any atom is -0.489 e. The van der Waals surface area contributed by atoms with Crippen LogP contribution in [0.4, 0.5) is 27.5 Å². The molecule has 2 unspecified atom stereocenters. The van der Waals surface area contributed by atoms with Gasteiger partial charge in [0.25, 0.3) is 11.8 Å². The second-order valence-electron chi connectivity index (χ2n) is 16.2. The number of halogens is 2. The van der Waals surface area contributed by atoms with Gasteiger partial charge in [0.05, 0.1) is 27.9 Å². The highest BCUT2D eigenvalue weighted by Crippen LogP contribution is 2.28. The molecule has 0 fully saturated rings. The average Bonchev–Trinajstić information content (AvgIpc) is 3.36. The molecule has 75 heavy (non-hydrogen) atoms. The first-order chi connectivity index (χ1) is 34.5. The number of aliphatic imine (C=N–C) groups is 1. The van der Waals surface area contributed by atoms with Crippen molar-refractivity contribution in [1.29, 1.82) is 0 Å². The van der Waals surface area contributed by atoms with Crippen molar-refractivity contribution in [2.45, 2.75) is 87.1 Å². The number of anilines is 3. The average molecular weight is 1070 g/mol. The predicted molar refractivity (Wildman–Crippen MR) is 303 cm³/mol. The van der Waals surface area contributed by atoms with Crippen LogP contribution in [-0.2, 0) is 27.2 Å². The summed E-state index contributed by atoms with van der Waals surface area (Å²) in [7, 11) is 3.04. The van der Waals surface area contributed by atoms with Crippen LogP contribution in [0.5, 0.6) is 11.5 Å². The summed E-state index contributed by atoms with van der Waals surface area (Å²) in [6, 6.07) is 39.9. The zero-order chi connectivity index (χ0) is 52.6. The minimum absolute atomic E-state index is 0. The van der Waals surface area contributed by atoms with E-state index < -0.39 is 23.9 Å². The normalized spacial score (nSPS) is 10.6. The number of nitrogens with two attached hydrogens (primary N) is 1. The second-order valence-corrected chi connectivity index (χ2v) is 17.0. The molecular weight excluding hydrogens is 996 g/mol. The maximum atomic E-state index is 12.8. The van der Waals surface area contributed by atoms with Crippen LogP contribution >= 0.6 is 23.2 Å². The first-order valence-corrected chi connectivity index (χ1v) is 23.4. The first kappa shape index (κ1) is 64.8. The number of likely N-dealkylation sites (N-methyl/N-ethyl adjacent to an activating group) is 2. The van der Waals surface area contributed by atoms with Crippen LogP contribution < -0.4 is 47.1 Å². The molecule has 400 valence electrons. The maximum absolute atomic E-state index is 12.8. The van der Waals surface area contributed by atoms with Crippen LogP contribution in [0.3, 0.4) is 0 Å². The molecule has 8 N–H and O–H groups in total. The van der Waals surface area contributed by atoms with Gasteiger partial charge in [0.15, 0.2) is 0 Å². The van der Waals surface area contributed by atoms with Gasteiger partial charge in [-0.2, -0.15) is 4.99 Å². The van der Waals surface area contributed by atoms with Crippen molar-refractivity contribution in [2.75, 3.05) is 30.5 Å². The van der Waals surface area contributed by atoms with Gasteiger partial charge >= 0.3 is 6.03 Å². The number of isocyanates is 1. The smallest absolute Gasteiger partial charge is 0.323 e. The number of amides is 6. The molecule has 16 nitrogen and oxygen atoms in total.